The van der Waals surface area contributed by atoms with Gasteiger partial charge in [-0.25, -0.2) is 0 Å². The Bertz CT molecular complexity index is 814. The van der Waals surface area contributed by atoms with Gasteiger partial charge in [0.15, 0.2) is 11.6 Å². The predicted molar refractivity (Wildman–Crippen MR) is 84.3 cm³/mol. The SMILES string of the molecule is Cc1cncc(-c2onc(N)c2-c2ccc(Cl)cc2Cl)c1. The largest absolute Gasteiger partial charge is 0.380 e. The molecular formula is C15H11Cl2N3O. The van der Waals surface area contributed by atoms with Crippen LogP contribution in [0, 0.1) is 6.92 Å². The van der Waals surface area contributed by atoms with Gasteiger partial charge in [-0.15, -0.1) is 0 Å². The Morgan fingerprint density at radius 1 is 1.14 bits per heavy atom. The first-order valence-corrected chi connectivity index (χ1v) is 6.94. The minimum Gasteiger partial charge on any atom is -0.380 e. The Balaban J connectivity index is 2.22. The molecule has 0 saturated carbocycles. The number of aryl methyl sites for hydroxylation is 1. The van der Waals surface area contributed by atoms with Crippen molar-refractivity contribution in [2.75, 3.05) is 5.73 Å². The van der Waals surface area contributed by atoms with Crippen LogP contribution in [0.4, 0.5) is 5.82 Å². The zero-order chi connectivity index (χ0) is 15.0. The Morgan fingerprint density at radius 2 is 1.95 bits per heavy atom. The molecule has 0 unspecified atom stereocenters. The lowest BCUT2D eigenvalue weighted by Gasteiger charge is -2.06. The zero-order valence-corrected chi connectivity index (χ0v) is 12.6. The number of nitrogens with zero attached hydrogens (tertiary/aromatic N) is 2. The van der Waals surface area contributed by atoms with Crippen LogP contribution in [0.15, 0.2) is 41.2 Å². The average Bonchev–Trinajstić information content (AvgIpc) is 2.81. The molecule has 6 heteroatoms. The highest BCUT2D eigenvalue weighted by Crippen LogP contribution is 2.40. The predicted octanol–water partition coefficient (Wildman–Crippen LogP) is 4.60. The summed E-state index contributed by atoms with van der Waals surface area (Å²) in [5, 5.41) is 4.88. The van der Waals surface area contributed by atoms with Crippen LogP contribution in [0.3, 0.4) is 0 Å². The summed E-state index contributed by atoms with van der Waals surface area (Å²) >= 11 is 12.2. The van der Waals surface area contributed by atoms with E-state index < -0.39 is 0 Å². The van der Waals surface area contributed by atoms with Crippen molar-refractivity contribution in [2.24, 2.45) is 0 Å². The summed E-state index contributed by atoms with van der Waals surface area (Å²) < 4.78 is 5.37. The van der Waals surface area contributed by atoms with Crippen LogP contribution < -0.4 is 5.73 Å². The second-order valence-corrected chi connectivity index (χ2v) is 5.49. The lowest BCUT2D eigenvalue weighted by molar-refractivity contribution is 0.436. The van der Waals surface area contributed by atoms with E-state index in [9.17, 15) is 0 Å². The van der Waals surface area contributed by atoms with E-state index in [1.165, 1.54) is 0 Å². The fourth-order valence-electron chi connectivity index (χ4n) is 2.13. The van der Waals surface area contributed by atoms with Gasteiger partial charge in [-0.05, 0) is 30.7 Å². The third-order valence-corrected chi connectivity index (χ3v) is 3.60. The number of rotatable bonds is 2. The van der Waals surface area contributed by atoms with Crippen molar-refractivity contribution in [3.63, 3.8) is 0 Å². The second-order valence-electron chi connectivity index (χ2n) is 4.65. The highest BCUT2D eigenvalue weighted by molar-refractivity contribution is 6.36. The molecule has 0 saturated heterocycles. The molecule has 0 spiro atoms. The van der Waals surface area contributed by atoms with E-state index in [1.807, 2.05) is 13.0 Å². The maximum atomic E-state index is 6.26. The number of halogens is 2. The summed E-state index contributed by atoms with van der Waals surface area (Å²) in [5.41, 5.74) is 9.10. The number of hydrogen-bond acceptors (Lipinski definition) is 4. The molecule has 0 radical (unpaired) electrons. The van der Waals surface area contributed by atoms with Gasteiger partial charge in [0, 0.05) is 28.5 Å². The number of nitrogen functional groups attached to an aromatic ring is 1. The Hall–Kier alpha value is -2.04. The standard InChI is InChI=1S/C15H11Cl2N3O/c1-8-4-9(7-19-6-8)14-13(15(18)20-21-14)11-3-2-10(16)5-12(11)17/h2-7H,1H3,(H2,18,20). The normalized spacial score (nSPS) is 10.8. The van der Waals surface area contributed by atoms with E-state index in [0.29, 0.717) is 21.4 Å². The first kappa shape index (κ1) is 13.9. The molecule has 3 aromatic rings. The summed E-state index contributed by atoms with van der Waals surface area (Å²) in [6.07, 6.45) is 3.46. The van der Waals surface area contributed by atoms with E-state index in [4.69, 9.17) is 33.5 Å². The third-order valence-electron chi connectivity index (χ3n) is 3.06. The minimum absolute atomic E-state index is 0.274. The maximum absolute atomic E-state index is 6.26. The fraction of sp³-hybridized carbons (Fsp3) is 0.0667. The molecular weight excluding hydrogens is 309 g/mol. The van der Waals surface area contributed by atoms with Crippen molar-refractivity contribution in [3.8, 4) is 22.5 Å². The summed E-state index contributed by atoms with van der Waals surface area (Å²) in [5.74, 6) is 0.809. The van der Waals surface area contributed by atoms with Crippen molar-refractivity contribution in [1.29, 1.82) is 0 Å². The number of benzene rings is 1. The highest BCUT2D eigenvalue weighted by Gasteiger charge is 2.20. The highest BCUT2D eigenvalue weighted by atomic mass is 35.5. The lowest BCUT2D eigenvalue weighted by atomic mass is 10.0. The van der Waals surface area contributed by atoms with Crippen LogP contribution in [-0.2, 0) is 0 Å². The van der Waals surface area contributed by atoms with Gasteiger partial charge in [0.25, 0.3) is 0 Å². The molecule has 0 bridgehead atoms. The van der Waals surface area contributed by atoms with E-state index in [1.54, 1.807) is 30.6 Å². The zero-order valence-electron chi connectivity index (χ0n) is 11.1. The summed E-state index contributed by atoms with van der Waals surface area (Å²) in [4.78, 5) is 4.16. The van der Waals surface area contributed by atoms with Crippen LogP contribution in [0.5, 0.6) is 0 Å². The molecule has 2 N–H and O–H groups in total. The quantitative estimate of drug-likeness (QED) is 0.749. The van der Waals surface area contributed by atoms with Crippen molar-refractivity contribution in [3.05, 3.63) is 52.3 Å². The number of nitrogens with two attached hydrogens (primary N) is 1. The molecule has 4 nitrogen and oxygen atoms in total. The number of pyridine rings is 1. The first-order valence-electron chi connectivity index (χ1n) is 6.19. The van der Waals surface area contributed by atoms with Crippen molar-refractivity contribution < 1.29 is 4.52 Å². The molecule has 106 valence electrons. The number of hydrogen-bond donors (Lipinski definition) is 1. The molecule has 0 amide bonds. The van der Waals surface area contributed by atoms with Crippen molar-refractivity contribution >= 4 is 29.0 Å². The fourth-order valence-corrected chi connectivity index (χ4v) is 2.63. The van der Waals surface area contributed by atoms with Gasteiger partial charge in [0.1, 0.15) is 0 Å². The molecule has 0 aliphatic rings. The number of aromatic nitrogens is 2. The minimum atomic E-state index is 0.274. The molecule has 2 aromatic heterocycles. The van der Waals surface area contributed by atoms with Crippen molar-refractivity contribution in [2.45, 2.75) is 6.92 Å². The average molecular weight is 320 g/mol. The Kier molecular flexibility index (Phi) is 3.57. The Morgan fingerprint density at radius 3 is 2.67 bits per heavy atom. The smallest absolute Gasteiger partial charge is 0.178 e. The van der Waals surface area contributed by atoms with Gasteiger partial charge >= 0.3 is 0 Å². The van der Waals surface area contributed by atoms with Crippen molar-refractivity contribution in [1.82, 2.24) is 10.1 Å². The van der Waals surface area contributed by atoms with Gasteiger partial charge < -0.3 is 10.3 Å². The van der Waals surface area contributed by atoms with Crippen LogP contribution in [0.1, 0.15) is 5.56 Å². The van der Waals surface area contributed by atoms with Crippen LogP contribution in [0.25, 0.3) is 22.5 Å². The molecule has 0 atom stereocenters. The van der Waals surface area contributed by atoms with E-state index in [0.717, 1.165) is 16.7 Å². The summed E-state index contributed by atoms with van der Waals surface area (Å²) in [6, 6.07) is 7.14. The molecule has 2 heterocycles. The first-order chi connectivity index (χ1) is 10.1. The van der Waals surface area contributed by atoms with Crippen LogP contribution in [-0.4, -0.2) is 10.1 Å². The summed E-state index contributed by atoms with van der Waals surface area (Å²) in [6.45, 7) is 1.95. The summed E-state index contributed by atoms with van der Waals surface area (Å²) in [7, 11) is 0. The lowest BCUT2D eigenvalue weighted by Crippen LogP contribution is -1.90. The van der Waals surface area contributed by atoms with Gasteiger partial charge in [0.05, 0.1) is 10.6 Å². The monoisotopic (exact) mass is 319 g/mol. The number of anilines is 1. The molecule has 1 aromatic carbocycles. The molecule has 0 aliphatic carbocycles. The van der Waals surface area contributed by atoms with Gasteiger partial charge in [0.2, 0.25) is 0 Å². The van der Waals surface area contributed by atoms with E-state index in [-0.39, 0.29) is 5.82 Å². The van der Waals surface area contributed by atoms with Gasteiger partial charge in [-0.2, -0.15) is 0 Å². The molecule has 21 heavy (non-hydrogen) atoms. The molecule has 0 aliphatic heterocycles. The van der Waals surface area contributed by atoms with Crippen LogP contribution >= 0.6 is 23.2 Å². The van der Waals surface area contributed by atoms with E-state index >= 15 is 0 Å². The third kappa shape index (κ3) is 2.60. The topological polar surface area (TPSA) is 64.9 Å². The van der Waals surface area contributed by atoms with E-state index in [2.05, 4.69) is 10.1 Å². The van der Waals surface area contributed by atoms with Gasteiger partial charge in [-0.1, -0.05) is 34.4 Å². The molecule has 3 rings (SSSR count). The van der Waals surface area contributed by atoms with Crippen LogP contribution in [0.2, 0.25) is 10.0 Å². The van der Waals surface area contributed by atoms with Gasteiger partial charge in [-0.3, -0.25) is 4.98 Å². The second kappa shape index (κ2) is 5.39. The molecule has 0 fully saturated rings. The Labute approximate surface area is 131 Å². The maximum Gasteiger partial charge on any atom is 0.178 e.